The number of ether oxygens (including phenoxy) is 2. The molecule has 1 amide bonds. The van der Waals surface area contributed by atoms with E-state index in [1.807, 2.05) is 0 Å². The smallest absolute Gasteiger partial charge is 0.422 e. The van der Waals surface area contributed by atoms with Crippen molar-refractivity contribution in [3.05, 3.63) is 59.5 Å². The number of halogens is 4. The van der Waals surface area contributed by atoms with Crippen LogP contribution in [0.25, 0.3) is 33.6 Å². The summed E-state index contributed by atoms with van der Waals surface area (Å²) in [5.41, 5.74) is -1.28. The third-order valence-corrected chi connectivity index (χ3v) is 5.07. The molecule has 0 aliphatic carbocycles. The van der Waals surface area contributed by atoms with Crippen LogP contribution in [0.5, 0.6) is 11.8 Å². The molecule has 192 valence electrons. The molecule has 4 rings (SSSR count). The third kappa shape index (κ3) is 5.15. The Morgan fingerprint density at radius 3 is 2.51 bits per heavy atom. The molecule has 0 fully saturated rings. The molecular formula is C24H17F4N3O6. The Morgan fingerprint density at radius 2 is 1.89 bits per heavy atom. The van der Waals surface area contributed by atoms with E-state index in [9.17, 15) is 32.3 Å². The molecule has 0 atom stereocenters. The highest BCUT2D eigenvalue weighted by molar-refractivity contribution is 6.11. The minimum Gasteiger partial charge on any atom is -0.480 e. The summed E-state index contributed by atoms with van der Waals surface area (Å²) in [6.45, 7) is -1.79. The Kier molecular flexibility index (Phi) is 5.69. The number of aromatic nitrogens is 2. The van der Waals surface area contributed by atoms with E-state index < -0.39 is 54.8 Å². The summed E-state index contributed by atoms with van der Waals surface area (Å²) in [6.07, 6.45) is -3.84. The lowest BCUT2D eigenvalue weighted by Crippen LogP contribution is -2.20. The SMILES string of the molecule is [2H]C([2H])([2H])Oc1ncc(-c2cc3c(C(=O)NC)c(-c4ccc(F)cc4)oc3nc2OCC(F)(F)F)cc1C(=O)O. The van der Waals surface area contributed by atoms with E-state index in [1.54, 1.807) is 0 Å². The molecule has 3 aromatic heterocycles. The number of benzene rings is 1. The van der Waals surface area contributed by atoms with Crippen LogP contribution in [0.3, 0.4) is 0 Å². The molecular weight excluding hydrogens is 502 g/mol. The lowest BCUT2D eigenvalue weighted by Gasteiger charge is -2.13. The third-order valence-electron chi connectivity index (χ3n) is 5.07. The maximum absolute atomic E-state index is 13.5. The van der Waals surface area contributed by atoms with Crippen molar-refractivity contribution in [2.24, 2.45) is 0 Å². The van der Waals surface area contributed by atoms with E-state index >= 15 is 0 Å². The molecule has 0 aliphatic rings. The fourth-order valence-corrected chi connectivity index (χ4v) is 3.46. The van der Waals surface area contributed by atoms with Crippen LogP contribution in [-0.4, -0.2) is 53.8 Å². The molecule has 0 unspecified atom stereocenters. The van der Waals surface area contributed by atoms with Crippen molar-refractivity contribution in [2.45, 2.75) is 6.18 Å². The van der Waals surface area contributed by atoms with Gasteiger partial charge in [-0.15, -0.1) is 0 Å². The minimum atomic E-state index is -4.79. The number of carbonyl (C=O) groups excluding carboxylic acids is 1. The van der Waals surface area contributed by atoms with Gasteiger partial charge in [-0.2, -0.15) is 18.2 Å². The molecule has 0 radical (unpaired) electrons. The van der Waals surface area contributed by atoms with Crippen LogP contribution in [-0.2, 0) is 0 Å². The van der Waals surface area contributed by atoms with Gasteiger partial charge in [0.2, 0.25) is 17.5 Å². The number of nitrogens with one attached hydrogen (secondary N) is 1. The molecule has 3 heterocycles. The number of carboxylic acid groups (broad SMARTS) is 1. The van der Waals surface area contributed by atoms with Gasteiger partial charge in [-0.3, -0.25) is 4.79 Å². The predicted molar refractivity (Wildman–Crippen MR) is 121 cm³/mol. The van der Waals surface area contributed by atoms with E-state index in [4.69, 9.17) is 13.3 Å². The van der Waals surface area contributed by atoms with E-state index in [-0.39, 0.29) is 39.1 Å². The van der Waals surface area contributed by atoms with Crippen LogP contribution in [0.2, 0.25) is 0 Å². The normalized spacial score (nSPS) is 12.9. The van der Waals surface area contributed by atoms with Crippen molar-refractivity contribution >= 4 is 23.0 Å². The topological polar surface area (TPSA) is 124 Å². The number of aromatic carboxylic acids is 1. The number of alkyl halides is 3. The average molecular weight is 522 g/mol. The Morgan fingerprint density at radius 1 is 1.16 bits per heavy atom. The second-order valence-electron chi connectivity index (χ2n) is 7.47. The number of hydrogen-bond donors (Lipinski definition) is 2. The first-order valence-corrected chi connectivity index (χ1v) is 10.2. The Balaban J connectivity index is 1.98. The zero-order chi connectivity index (χ0) is 29.4. The fraction of sp³-hybridized carbons (Fsp3) is 0.167. The summed E-state index contributed by atoms with van der Waals surface area (Å²) in [4.78, 5) is 32.4. The van der Waals surface area contributed by atoms with Crippen LogP contribution in [0.1, 0.15) is 24.8 Å². The molecule has 0 aliphatic heterocycles. The highest BCUT2D eigenvalue weighted by Gasteiger charge is 2.31. The van der Waals surface area contributed by atoms with Crippen LogP contribution in [0.4, 0.5) is 17.6 Å². The van der Waals surface area contributed by atoms with Crippen LogP contribution in [0.15, 0.2) is 47.0 Å². The van der Waals surface area contributed by atoms with Gasteiger partial charge in [-0.1, -0.05) is 0 Å². The maximum Gasteiger partial charge on any atom is 0.422 e. The van der Waals surface area contributed by atoms with Gasteiger partial charge in [0, 0.05) is 29.9 Å². The summed E-state index contributed by atoms with van der Waals surface area (Å²) >= 11 is 0. The second kappa shape index (κ2) is 9.76. The number of fused-ring (bicyclic) bond motifs is 1. The quantitative estimate of drug-likeness (QED) is 0.335. The molecule has 0 saturated carbocycles. The Hall–Kier alpha value is -4.68. The standard InChI is InChI=1S/C24H17F4N3O6/c1-29-19(32)17-15-8-14(12-7-16(23(33)34)20(35-2)30-9-12)21(36-10-24(26,27)28)31-22(15)37-18(17)11-3-5-13(25)6-4-11/h3-9H,10H2,1-2H3,(H,29,32)(H,33,34)/i2D3. The number of hydrogen-bond acceptors (Lipinski definition) is 7. The van der Waals surface area contributed by atoms with Gasteiger partial charge in [0.15, 0.2) is 6.61 Å². The second-order valence-corrected chi connectivity index (χ2v) is 7.47. The molecule has 0 bridgehead atoms. The minimum absolute atomic E-state index is 0.00673. The van der Waals surface area contributed by atoms with Gasteiger partial charge in [0.1, 0.15) is 17.1 Å². The molecule has 4 aromatic rings. The highest BCUT2D eigenvalue weighted by atomic mass is 19.4. The first kappa shape index (κ1) is 21.6. The van der Waals surface area contributed by atoms with E-state index in [1.165, 1.54) is 25.2 Å². The van der Waals surface area contributed by atoms with E-state index in [0.717, 1.165) is 24.4 Å². The van der Waals surface area contributed by atoms with Crippen LogP contribution < -0.4 is 14.8 Å². The van der Waals surface area contributed by atoms with Gasteiger partial charge in [0.25, 0.3) is 5.91 Å². The molecule has 9 nitrogen and oxygen atoms in total. The van der Waals surface area contributed by atoms with Crippen molar-refractivity contribution in [1.29, 1.82) is 0 Å². The predicted octanol–water partition coefficient (Wildman–Crippen LogP) is 4.70. The number of nitrogens with zero attached hydrogens (tertiary/aromatic N) is 2. The molecule has 13 heteroatoms. The summed E-state index contributed by atoms with van der Waals surface area (Å²) < 4.78 is 89.4. The number of carbonyl (C=O) groups is 2. The molecule has 2 N–H and O–H groups in total. The number of amides is 1. The van der Waals surface area contributed by atoms with Crippen LogP contribution in [0, 0.1) is 5.82 Å². The van der Waals surface area contributed by atoms with Crippen molar-refractivity contribution in [1.82, 2.24) is 15.3 Å². The van der Waals surface area contributed by atoms with Gasteiger partial charge >= 0.3 is 12.1 Å². The molecule has 37 heavy (non-hydrogen) atoms. The number of pyridine rings is 2. The summed E-state index contributed by atoms with van der Waals surface area (Å²) in [7, 11) is -1.73. The summed E-state index contributed by atoms with van der Waals surface area (Å²) in [5, 5.41) is 12.0. The number of furan rings is 1. The van der Waals surface area contributed by atoms with Crippen molar-refractivity contribution in [3.63, 3.8) is 0 Å². The van der Waals surface area contributed by atoms with Gasteiger partial charge in [-0.05, 0) is 36.4 Å². The van der Waals surface area contributed by atoms with Crippen molar-refractivity contribution in [2.75, 3.05) is 20.7 Å². The highest BCUT2D eigenvalue weighted by Crippen LogP contribution is 2.39. The zero-order valence-electron chi connectivity index (χ0n) is 21.6. The summed E-state index contributed by atoms with van der Waals surface area (Å²) in [6, 6.07) is 6.93. The molecule has 0 saturated heterocycles. The van der Waals surface area contributed by atoms with Gasteiger partial charge < -0.3 is 24.3 Å². The average Bonchev–Trinajstić information content (AvgIpc) is 3.24. The first-order valence-electron chi connectivity index (χ1n) is 11.7. The number of rotatable bonds is 7. The van der Waals surface area contributed by atoms with Crippen molar-refractivity contribution in [3.8, 4) is 34.2 Å². The monoisotopic (exact) mass is 522 g/mol. The van der Waals surface area contributed by atoms with Crippen LogP contribution >= 0.6 is 0 Å². The Bertz CT molecular complexity index is 1600. The Labute approximate surface area is 209 Å². The van der Waals surface area contributed by atoms with E-state index in [0.29, 0.717) is 0 Å². The fourth-order valence-electron chi connectivity index (χ4n) is 3.46. The zero-order valence-corrected chi connectivity index (χ0v) is 18.6. The molecule has 1 aromatic carbocycles. The first-order chi connectivity index (χ1) is 18.7. The van der Waals surface area contributed by atoms with E-state index in [2.05, 4.69) is 20.0 Å². The van der Waals surface area contributed by atoms with Gasteiger partial charge in [-0.25, -0.2) is 14.2 Å². The lowest BCUT2D eigenvalue weighted by molar-refractivity contribution is -0.154. The summed E-state index contributed by atoms with van der Waals surface area (Å²) in [5.74, 6) is -4.40. The van der Waals surface area contributed by atoms with Gasteiger partial charge in [0.05, 0.1) is 22.1 Å². The largest absolute Gasteiger partial charge is 0.480 e. The molecule has 0 spiro atoms. The number of methoxy groups -OCH3 is 1. The number of carboxylic acids is 1. The van der Waals surface area contributed by atoms with Crippen molar-refractivity contribution < 1.29 is 50.3 Å². The lowest BCUT2D eigenvalue weighted by atomic mass is 10.0. The maximum atomic E-state index is 13.5.